The molecule has 0 saturated heterocycles. The fourth-order valence-electron chi connectivity index (χ4n) is 3.18. The number of benzene rings is 2. The highest BCUT2D eigenvalue weighted by atomic mass is 16.5. The lowest BCUT2D eigenvalue weighted by Gasteiger charge is -2.09. The summed E-state index contributed by atoms with van der Waals surface area (Å²) in [5.41, 5.74) is 3.05. The Morgan fingerprint density at radius 3 is 1.35 bits per heavy atom. The number of aromatic nitrogens is 2. The van der Waals surface area contributed by atoms with Crippen LogP contribution in [0.4, 0.5) is 11.4 Å². The van der Waals surface area contributed by atoms with Gasteiger partial charge >= 0.3 is 0 Å². The lowest BCUT2D eigenvalue weighted by Crippen LogP contribution is -2.13. The summed E-state index contributed by atoms with van der Waals surface area (Å²) in [5.74, 6) is 0.821. The third-order valence-electron chi connectivity index (χ3n) is 5.00. The van der Waals surface area contributed by atoms with Gasteiger partial charge in [0.1, 0.15) is 11.5 Å². The minimum atomic E-state index is -0.290. The van der Waals surface area contributed by atoms with Gasteiger partial charge in [-0.15, -0.1) is 0 Å². The number of ether oxygens (including phenoxy) is 2. The summed E-state index contributed by atoms with van der Waals surface area (Å²) in [6.07, 6.45) is 3.06. The molecule has 2 N–H and O–H groups in total. The van der Waals surface area contributed by atoms with E-state index in [0.29, 0.717) is 45.4 Å². The van der Waals surface area contributed by atoms with Crippen LogP contribution in [0, 0.1) is 0 Å². The SMILES string of the molecule is COc1ccc(NC(=O)c2ccnc(-c3cc(C(=O)Nc4ccc(OC)cc4)ccn3)c2)cc1. The molecule has 0 bridgehead atoms. The average molecular weight is 454 g/mol. The smallest absolute Gasteiger partial charge is 0.255 e. The summed E-state index contributed by atoms with van der Waals surface area (Å²) >= 11 is 0. The minimum absolute atomic E-state index is 0.290. The van der Waals surface area contributed by atoms with Crippen molar-refractivity contribution in [3.05, 3.63) is 96.3 Å². The molecule has 0 saturated carbocycles. The van der Waals surface area contributed by atoms with Crippen molar-refractivity contribution in [3.63, 3.8) is 0 Å². The highest BCUT2D eigenvalue weighted by molar-refractivity contribution is 6.06. The monoisotopic (exact) mass is 454 g/mol. The van der Waals surface area contributed by atoms with Gasteiger partial charge in [-0.2, -0.15) is 0 Å². The number of carbonyl (C=O) groups excluding carboxylic acids is 2. The Bertz CT molecular complexity index is 1200. The molecule has 2 amide bonds. The van der Waals surface area contributed by atoms with Crippen LogP contribution in [-0.4, -0.2) is 36.0 Å². The van der Waals surface area contributed by atoms with Gasteiger partial charge in [0, 0.05) is 34.9 Å². The number of methoxy groups -OCH3 is 2. The van der Waals surface area contributed by atoms with Crippen molar-refractivity contribution in [1.82, 2.24) is 9.97 Å². The standard InChI is InChI=1S/C26H22N4O4/c1-33-21-7-3-19(4-8-21)29-25(31)17-11-13-27-23(15-17)24-16-18(12-14-28-24)26(32)30-20-5-9-22(34-2)10-6-20/h3-16H,1-2H3,(H,29,31)(H,30,32). The molecule has 0 aliphatic heterocycles. The van der Waals surface area contributed by atoms with Crippen LogP contribution in [0.5, 0.6) is 11.5 Å². The van der Waals surface area contributed by atoms with Crippen LogP contribution >= 0.6 is 0 Å². The predicted octanol–water partition coefficient (Wildman–Crippen LogP) is 4.67. The minimum Gasteiger partial charge on any atom is -0.497 e. The van der Waals surface area contributed by atoms with Crippen LogP contribution in [0.15, 0.2) is 85.2 Å². The topological polar surface area (TPSA) is 102 Å². The van der Waals surface area contributed by atoms with Crippen molar-refractivity contribution in [2.45, 2.75) is 0 Å². The second-order valence-electron chi connectivity index (χ2n) is 7.22. The van der Waals surface area contributed by atoms with Gasteiger partial charge in [0.25, 0.3) is 11.8 Å². The zero-order valence-corrected chi connectivity index (χ0v) is 18.6. The van der Waals surface area contributed by atoms with Crippen molar-refractivity contribution in [2.75, 3.05) is 24.9 Å². The van der Waals surface area contributed by atoms with Crippen LogP contribution in [-0.2, 0) is 0 Å². The van der Waals surface area contributed by atoms with E-state index in [1.54, 1.807) is 87.0 Å². The summed E-state index contributed by atoms with van der Waals surface area (Å²) in [6, 6.07) is 20.6. The van der Waals surface area contributed by atoms with Gasteiger partial charge in [-0.25, -0.2) is 0 Å². The Kier molecular flexibility index (Phi) is 6.78. The molecule has 8 heteroatoms. The highest BCUT2D eigenvalue weighted by Crippen LogP contribution is 2.20. The maximum atomic E-state index is 12.7. The third-order valence-corrected chi connectivity index (χ3v) is 5.00. The number of carbonyl (C=O) groups is 2. The lowest BCUT2D eigenvalue weighted by atomic mass is 10.1. The van der Waals surface area contributed by atoms with E-state index >= 15 is 0 Å². The van der Waals surface area contributed by atoms with Gasteiger partial charge in [0.2, 0.25) is 0 Å². The zero-order chi connectivity index (χ0) is 23.9. The molecule has 0 fully saturated rings. The number of nitrogens with zero attached hydrogens (tertiary/aromatic N) is 2. The van der Waals surface area contributed by atoms with Gasteiger partial charge in [-0.3, -0.25) is 19.6 Å². The fraction of sp³-hybridized carbons (Fsp3) is 0.0769. The molecule has 2 heterocycles. The van der Waals surface area contributed by atoms with Crippen molar-refractivity contribution < 1.29 is 19.1 Å². The normalized spacial score (nSPS) is 10.3. The summed E-state index contributed by atoms with van der Waals surface area (Å²) in [6.45, 7) is 0. The van der Waals surface area contributed by atoms with Gasteiger partial charge in [-0.1, -0.05) is 0 Å². The summed E-state index contributed by atoms with van der Waals surface area (Å²) in [7, 11) is 3.16. The molecule has 2 aromatic carbocycles. The van der Waals surface area contributed by atoms with Crippen molar-refractivity contribution in [1.29, 1.82) is 0 Å². The number of hydrogen-bond acceptors (Lipinski definition) is 6. The molecule has 0 atom stereocenters. The summed E-state index contributed by atoms with van der Waals surface area (Å²) in [5, 5.41) is 5.68. The Labute approximate surface area is 196 Å². The zero-order valence-electron chi connectivity index (χ0n) is 18.6. The molecule has 0 radical (unpaired) electrons. The number of rotatable bonds is 7. The van der Waals surface area contributed by atoms with Crippen molar-refractivity contribution in [3.8, 4) is 22.9 Å². The van der Waals surface area contributed by atoms with Crippen LogP contribution in [0.3, 0.4) is 0 Å². The molecule has 2 aromatic heterocycles. The molecule has 0 spiro atoms. The van der Waals surface area contributed by atoms with E-state index in [0.717, 1.165) is 0 Å². The molecule has 8 nitrogen and oxygen atoms in total. The van der Waals surface area contributed by atoms with E-state index in [1.165, 1.54) is 12.4 Å². The Morgan fingerprint density at radius 1 is 0.618 bits per heavy atom. The third kappa shape index (κ3) is 5.36. The number of hydrogen-bond donors (Lipinski definition) is 2. The van der Waals surface area contributed by atoms with Gasteiger partial charge in [0.05, 0.1) is 25.6 Å². The summed E-state index contributed by atoms with van der Waals surface area (Å²) in [4.78, 5) is 34.1. The molecule has 4 rings (SSSR count). The first kappa shape index (κ1) is 22.5. The number of anilines is 2. The van der Waals surface area contributed by atoms with E-state index in [1.807, 2.05) is 0 Å². The number of amides is 2. The van der Waals surface area contributed by atoms with E-state index in [9.17, 15) is 9.59 Å². The average Bonchev–Trinajstić information content (AvgIpc) is 2.89. The quantitative estimate of drug-likeness (QED) is 0.421. The molecule has 0 aliphatic carbocycles. The number of nitrogens with one attached hydrogen (secondary N) is 2. The van der Waals surface area contributed by atoms with E-state index < -0.39 is 0 Å². The highest BCUT2D eigenvalue weighted by Gasteiger charge is 2.12. The Hall–Kier alpha value is -4.72. The molecular formula is C26H22N4O4. The molecule has 170 valence electrons. The molecule has 0 aliphatic rings. The van der Waals surface area contributed by atoms with Crippen LogP contribution in [0.1, 0.15) is 20.7 Å². The Balaban J connectivity index is 1.49. The molecule has 0 unspecified atom stereocenters. The van der Waals surface area contributed by atoms with Crippen LogP contribution in [0.25, 0.3) is 11.4 Å². The second kappa shape index (κ2) is 10.3. The van der Waals surface area contributed by atoms with Crippen LogP contribution in [0.2, 0.25) is 0 Å². The van der Waals surface area contributed by atoms with Crippen LogP contribution < -0.4 is 20.1 Å². The van der Waals surface area contributed by atoms with Crippen molar-refractivity contribution in [2.24, 2.45) is 0 Å². The van der Waals surface area contributed by atoms with Gasteiger partial charge in [0.15, 0.2) is 0 Å². The first-order valence-corrected chi connectivity index (χ1v) is 10.4. The molecule has 34 heavy (non-hydrogen) atoms. The van der Waals surface area contributed by atoms with E-state index in [2.05, 4.69) is 20.6 Å². The molecule has 4 aromatic rings. The second-order valence-corrected chi connectivity index (χ2v) is 7.22. The van der Waals surface area contributed by atoms with E-state index in [4.69, 9.17) is 9.47 Å². The van der Waals surface area contributed by atoms with E-state index in [-0.39, 0.29) is 11.8 Å². The number of pyridine rings is 2. The van der Waals surface area contributed by atoms with Gasteiger partial charge in [-0.05, 0) is 72.8 Å². The molecular weight excluding hydrogens is 432 g/mol. The maximum Gasteiger partial charge on any atom is 0.255 e. The first-order chi connectivity index (χ1) is 16.6. The largest absolute Gasteiger partial charge is 0.497 e. The lowest BCUT2D eigenvalue weighted by molar-refractivity contribution is 0.101. The van der Waals surface area contributed by atoms with Gasteiger partial charge < -0.3 is 20.1 Å². The maximum absolute atomic E-state index is 12.7. The fourth-order valence-corrected chi connectivity index (χ4v) is 3.18. The predicted molar refractivity (Wildman–Crippen MR) is 129 cm³/mol. The summed E-state index contributed by atoms with van der Waals surface area (Å²) < 4.78 is 10.3. The first-order valence-electron chi connectivity index (χ1n) is 10.4. The Morgan fingerprint density at radius 2 is 1.00 bits per heavy atom. The van der Waals surface area contributed by atoms with Crippen molar-refractivity contribution >= 4 is 23.2 Å².